The fraction of sp³-hybridized carbons (Fsp3) is 1.00. The van der Waals surface area contributed by atoms with Gasteiger partial charge < -0.3 is 10.1 Å². The molecule has 94 valence electrons. The van der Waals surface area contributed by atoms with Crippen molar-refractivity contribution in [3.8, 4) is 0 Å². The van der Waals surface area contributed by atoms with Crippen molar-refractivity contribution in [1.82, 2.24) is 10.0 Å². The maximum atomic E-state index is 12.0. The van der Waals surface area contributed by atoms with Crippen molar-refractivity contribution >= 4 is 10.0 Å². The van der Waals surface area contributed by atoms with Gasteiger partial charge in [0.15, 0.2) is 0 Å². The van der Waals surface area contributed by atoms with E-state index in [9.17, 15) is 8.42 Å². The van der Waals surface area contributed by atoms with Crippen molar-refractivity contribution in [2.24, 2.45) is 5.92 Å². The van der Waals surface area contributed by atoms with E-state index < -0.39 is 10.0 Å². The summed E-state index contributed by atoms with van der Waals surface area (Å²) in [5.74, 6) is 0.323. The Labute approximate surface area is 97.0 Å². The molecule has 0 aliphatic carbocycles. The maximum absolute atomic E-state index is 12.0. The molecule has 2 aliphatic heterocycles. The molecule has 0 aromatic heterocycles. The van der Waals surface area contributed by atoms with E-state index in [1.807, 2.05) is 6.92 Å². The van der Waals surface area contributed by atoms with E-state index in [1.54, 1.807) is 0 Å². The van der Waals surface area contributed by atoms with Crippen LogP contribution >= 0.6 is 0 Å². The zero-order valence-corrected chi connectivity index (χ0v) is 10.4. The van der Waals surface area contributed by atoms with Crippen LogP contribution in [0.15, 0.2) is 0 Å². The summed E-state index contributed by atoms with van der Waals surface area (Å²) in [7, 11) is -3.16. The molecule has 2 saturated heterocycles. The maximum Gasteiger partial charge on any atom is 0.216 e. The summed E-state index contributed by atoms with van der Waals surface area (Å²) < 4.78 is 32.1. The fourth-order valence-electron chi connectivity index (χ4n) is 2.29. The largest absolute Gasteiger partial charge is 0.381 e. The summed E-state index contributed by atoms with van der Waals surface area (Å²) in [6.07, 6.45) is 1.66. The predicted molar refractivity (Wildman–Crippen MR) is 61.7 cm³/mol. The van der Waals surface area contributed by atoms with Crippen molar-refractivity contribution in [3.05, 3.63) is 0 Å². The van der Waals surface area contributed by atoms with Gasteiger partial charge in [0, 0.05) is 25.1 Å². The van der Waals surface area contributed by atoms with Gasteiger partial charge >= 0.3 is 0 Å². The molecule has 0 bridgehead atoms. The van der Waals surface area contributed by atoms with Crippen LogP contribution in [0.5, 0.6) is 0 Å². The second-order valence-electron chi connectivity index (χ2n) is 4.69. The highest BCUT2D eigenvalue weighted by atomic mass is 32.2. The third-order valence-corrected chi connectivity index (χ3v) is 5.46. The molecule has 0 spiro atoms. The molecule has 3 atom stereocenters. The van der Waals surface area contributed by atoms with Gasteiger partial charge in [0.25, 0.3) is 0 Å². The molecule has 2 heterocycles. The highest BCUT2D eigenvalue weighted by Crippen LogP contribution is 2.18. The molecule has 6 heteroatoms. The summed E-state index contributed by atoms with van der Waals surface area (Å²) >= 11 is 0. The van der Waals surface area contributed by atoms with Crippen LogP contribution in [0.4, 0.5) is 0 Å². The first-order valence-electron chi connectivity index (χ1n) is 5.89. The van der Waals surface area contributed by atoms with E-state index in [0.717, 1.165) is 19.6 Å². The van der Waals surface area contributed by atoms with E-state index >= 15 is 0 Å². The predicted octanol–water partition coefficient (Wildman–Crippen LogP) is -0.307. The van der Waals surface area contributed by atoms with Crippen LogP contribution in [0.25, 0.3) is 0 Å². The molecule has 2 fully saturated rings. The number of sulfonamides is 1. The Morgan fingerprint density at radius 2 is 2.25 bits per heavy atom. The second kappa shape index (κ2) is 5.00. The van der Waals surface area contributed by atoms with Crippen LogP contribution in [0, 0.1) is 5.92 Å². The average Bonchev–Trinajstić information content (AvgIpc) is 2.91. The highest BCUT2D eigenvalue weighted by molar-refractivity contribution is 7.90. The van der Waals surface area contributed by atoms with E-state index in [0.29, 0.717) is 25.5 Å². The van der Waals surface area contributed by atoms with Crippen molar-refractivity contribution in [2.45, 2.75) is 31.1 Å². The minimum atomic E-state index is -3.16. The Balaban J connectivity index is 1.91. The van der Waals surface area contributed by atoms with Gasteiger partial charge in [-0.3, -0.25) is 0 Å². The molecule has 0 radical (unpaired) electrons. The molecule has 0 amide bonds. The molecule has 5 nitrogen and oxygen atoms in total. The Hall–Kier alpha value is -0.170. The van der Waals surface area contributed by atoms with Crippen molar-refractivity contribution in [3.63, 3.8) is 0 Å². The lowest BCUT2D eigenvalue weighted by Gasteiger charge is -2.21. The Morgan fingerprint density at radius 3 is 2.81 bits per heavy atom. The number of hydrogen-bond donors (Lipinski definition) is 2. The van der Waals surface area contributed by atoms with Gasteiger partial charge in [0.1, 0.15) is 0 Å². The Bertz CT molecular complexity index is 319. The zero-order valence-electron chi connectivity index (χ0n) is 9.61. The molecule has 0 aromatic carbocycles. The van der Waals surface area contributed by atoms with E-state index in [4.69, 9.17) is 4.74 Å². The lowest BCUT2D eigenvalue weighted by atomic mass is 10.0. The molecule has 0 aromatic rings. The highest BCUT2D eigenvalue weighted by Gasteiger charge is 2.32. The Morgan fingerprint density at radius 1 is 1.44 bits per heavy atom. The van der Waals surface area contributed by atoms with Gasteiger partial charge in [0.2, 0.25) is 10.0 Å². The Kier molecular flexibility index (Phi) is 3.84. The topological polar surface area (TPSA) is 67.4 Å². The first-order chi connectivity index (χ1) is 7.59. The van der Waals surface area contributed by atoms with Crippen LogP contribution in [0.3, 0.4) is 0 Å². The van der Waals surface area contributed by atoms with Crippen molar-refractivity contribution in [1.29, 1.82) is 0 Å². The monoisotopic (exact) mass is 248 g/mol. The van der Waals surface area contributed by atoms with Gasteiger partial charge in [-0.25, -0.2) is 13.1 Å². The lowest BCUT2D eigenvalue weighted by molar-refractivity contribution is 0.180. The number of rotatable bonds is 4. The first-order valence-corrected chi connectivity index (χ1v) is 7.44. The van der Waals surface area contributed by atoms with Crippen molar-refractivity contribution in [2.75, 3.05) is 26.3 Å². The number of hydrogen-bond acceptors (Lipinski definition) is 4. The number of ether oxygens (including phenoxy) is 1. The molecule has 2 N–H and O–H groups in total. The third-order valence-electron chi connectivity index (χ3n) is 3.48. The molecule has 2 rings (SSSR count). The summed E-state index contributed by atoms with van der Waals surface area (Å²) in [6.45, 7) is 4.73. The van der Waals surface area contributed by atoms with Gasteiger partial charge in [0.05, 0.1) is 11.9 Å². The van der Waals surface area contributed by atoms with Crippen molar-refractivity contribution < 1.29 is 13.2 Å². The second-order valence-corrected chi connectivity index (χ2v) is 6.68. The van der Waals surface area contributed by atoms with Gasteiger partial charge in [-0.1, -0.05) is 0 Å². The minimum absolute atomic E-state index is 0.0203. The molecule has 16 heavy (non-hydrogen) atoms. The van der Waals surface area contributed by atoms with E-state index in [2.05, 4.69) is 10.0 Å². The molecule has 2 aliphatic rings. The van der Waals surface area contributed by atoms with Gasteiger partial charge in [-0.2, -0.15) is 0 Å². The van der Waals surface area contributed by atoms with E-state index in [-0.39, 0.29) is 11.3 Å². The zero-order chi connectivity index (χ0) is 11.6. The quantitative estimate of drug-likeness (QED) is 0.716. The standard InChI is InChI=1S/C10H20N2O3S/c1-8(9-3-5-15-7-9)12-16(13,14)10-2-4-11-6-10/h8-12H,2-7H2,1H3. The molecule has 3 unspecified atom stereocenters. The van der Waals surface area contributed by atoms with E-state index in [1.165, 1.54) is 0 Å². The van der Waals surface area contributed by atoms with Crippen LogP contribution in [0.1, 0.15) is 19.8 Å². The molecular weight excluding hydrogens is 228 g/mol. The third kappa shape index (κ3) is 2.74. The lowest BCUT2D eigenvalue weighted by Crippen LogP contribution is -2.43. The van der Waals surface area contributed by atoms with Crippen LogP contribution in [0.2, 0.25) is 0 Å². The fourth-order valence-corrected chi connectivity index (χ4v) is 3.96. The summed E-state index contributed by atoms with van der Waals surface area (Å²) in [5.41, 5.74) is 0. The number of nitrogens with one attached hydrogen (secondary N) is 2. The van der Waals surface area contributed by atoms with Crippen LogP contribution < -0.4 is 10.0 Å². The summed E-state index contributed by atoms with van der Waals surface area (Å²) in [6, 6.07) is -0.0203. The smallest absolute Gasteiger partial charge is 0.216 e. The normalized spacial score (nSPS) is 33.1. The molecular formula is C10H20N2O3S. The SMILES string of the molecule is CC(NS(=O)(=O)C1CCNC1)C1CCOC1. The minimum Gasteiger partial charge on any atom is -0.381 e. The average molecular weight is 248 g/mol. The summed E-state index contributed by atoms with van der Waals surface area (Å²) in [4.78, 5) is 0. The van der Waals surface area contributed by atoms with Crippen LogP contribution in [-0.2, 0) is 14.8 Å². The summed E-state index contributed by atoms with van der Waals surface area (Å²) in [5, 5.41) is 2.81. The first kappa shape index (κ1) is 12.3. The molecule has 0 saturated carbocycles. The van der Waals surface area contributed by atoms with Gasteiger partial charge in [-0.05, 0) is 26.3 Å². The van der Waals surface area contributed by atoms with Gasteiger partial charge in [-0.15, -0.1) is 0 Å². The van der Waals surface area contributed by atoms with Crippen LogP contribution in [-0.4, -0.2) is 46.0 Å².